The topological polar surface area (TPSA) is 72.5 Å². The highest BCUT2D eigenvalue weighted by molar-refractivity contribution is 9.10. The molecule has 1 aromatic heterocycles. The molecule has 0 saturated heterocycles. The lowest BCUT2D eigenvalue weighted by molar-refractivity contribution is -0.118. The van der Waals surface area contributed by atoms with E-state index in [4.69, 9.17) is 16.3 Å². The molecule has 0 spiro atoms. The average Bonchev–Trinajstić information content (AvgIpc) is 2.85. The number of carbonyl (C=O) groups excluding carboxylic acids is 1. The van der Waals surface area contributed by atoms with Gasteiger partial charge in [-0.05, 0) is 53.2 Å². The summed E-state index contributed by atoms with van der Waals surface area (Å²) in [5.41, 5.74) is 0. The summed E-state index contributed by atoms with van der Waals surface area (Å²) in [5.74, 6) is -0.0838. The number of rotatable bonds is 6. The van der Waals surface area contributed by atoms with Crippen molar-refractivity contribution in [2.45, 2.75) is 18.2 Å². The molecular weight excluding hydrogens is 426 g/mol. The van der Waals surface area contributed by atoms with Crippen molar-refractivity contribution in [2.75, 3.05) is 6.61 Å². The molecule has 2 aromatic rings. The van der Waals surface area contributed by atoms with E-state index in [1.165, 1.54) is 29.5 Å². The first-order chi connectivity index (χ1) is 10.8. The van der Waals surface area contributed by atoms with Gasteiger partial charge in [-0.25, -0.2) is 13.1 Å². The SMILES string of the molecule is CCOc1ccc(S(=O)(=O)NC(=O)Cc2ccc(Cl)s2)cc1Br. The predicted octanol–water partition coefficient (Wildman–Crippen LogP) is 3.61. The fraction of sp³-hybridized carbons (Fsp3) is 0.214. The predicted molar refractivity (Wildman–Crippen MR) is 93.7 cm³/mol. The summed E-state index contributed by atoms with van der Waals surface area (Å²) in [6.07, 6.45) is -0.0468. The van der Waals surface area contributed by atoms with Gasteiger partial charge in [0.2, 0.25) is 5.91 Å². The molecule has 23 heavy (non-hydrogen) atoms. The molecule has 0 unspecified atom stereocenters. The molecule has 0 radical (unpaired) electrons. The van der Waals surface area contributed by atoms with Crippen molar-refractivity contribution in [2.24, 2.45) is 0 Å². The summed E-state index contributed by atoms with van der Waals surface area (Å²) in [4.78, 5) is 12.6. The molecule has 0 aliphatic rings. The molecule has 0 aliphatic heterocycles. The molecule has 9 heteroatoms. The van der Waals surface area contributed by atoms with Crippen LogP contribution in [-0.2, 0) is 21.2 Å². The van der Waals surface area contributed by atoms with Gasteiger partial charge in [0.15, 0.2) is 0 Å². The van der Waals surface area contributed by atoms with E-state index in [9.17, 15) is 13.2 Å². The number of amides is 1. The van der Waals surface area contributed by atoms with Crippen LogP contribution in [-0.4, -0.2) is 20.9 Å². The first kappa shape index (κ1) is 18.3. The highest BCUT2D eigenvalue weighted by Crippen LogP contribution is 2.28. The van der Waals surface area contributed by atoms with Crippen molar-refractivity contribution in [3.05, 3.63) is 44.0 Å². The Morgan fingerprint density at radius 2 is 2.09 bits per heavy atom. The first-order valence-electron chi connectivity index (χ1n) is 6.54. The fourth-order valence-electron chi connectivity index (χ4n) is 1.77. The van der Waals surface area contributed by atoms with Gasteiger partial charge in [-0.1, -0.05) is 11.6 Å². The summed E-state index contributed by atoms with van der Waals surface area (Å²) in [7, 11) is -3.94. The van der Waals surface area contributed by atoms with Crippen LogP contribution in [0.2, 0.25) is 4.34 Å². The normalized spacial score (nSPS) is 11.3. The van der Waals surface area contributed by atoms with Gasteiger partial charge in [-0.3, -0.25) is 4.79 Å². The molecule has 0 saturated carbocycles. The Kier molecular flexibility index (Phi) is 6.07. The fourth-order valence-corrected chi connectivity index (χ4v) is 4.51. The first-order valence-corrected chi connectivity index (χ1v) is 10.0. The molecule has 5 nitrogen and oxygen atoms in total. The number of thiophene rings is 1. The van der Waals surface area contributed by atoms with Crippen LogP contribution in [0.5, 0.6) is 5.75 Å². The Morgan fingerprint density at radius 1 is 1.35 bits per heavy atom. The Morgan fingerprint density at radius 3 is 2.65 bits per heavy atom. The zero-order valence-corrected chi connectivity index (χ0v) is 16.0. The van der Waals surface area contributed by atoms with Gasteiger partial charge < -0.3 is 4.74 Å². The summed E-state index contributed by atoms with van der Waals surface area (Å²) in [6, 6.07) is 7.65. The maximum Gasteiger partial charge on any atom is 0.264 e. The number of sulfonamides is 1. The van der Waals surface area contributed by atoms with Crippen LogP contribution < -0.4 is 9.46 Å². The van der Waals surface area contributed by atoms with Crippen molar-refractivity contribution in [1.82, 2.24) is 4.72 Å². The van der Waals surface area contributed by atoms with E-state index in [1.54, 1.807) is 12.1 Å². The number of carbonyl (C=O) groups is 1. The Hall–Kier alpha value is -1.09. The van der Waals surface area contributed by atoms with Crippen molar-refractivity contribution >= 4 is 54.8 Å². The standard InChI is InChI=1S/C14H13BrClNO4S2/c1-2-21-12-5-4-10(8-11(12)15)23(19,20)17-14(18)7-9-3-6-13(16)22-9/h3-6,8H,2,7H2,1H3,(H,17,18). The van der Waals surface area contributed by atoms with E-state index in [2.05, 4.69) is 15.9 Å². The van der Waals surface area contributed by atoms with E-state index in [1.807, 2.05) is 11.6 Å². The monoisotopic (exact) mass is 437 g/mol. The van der Waals surface area contributed by atoms with Gasteiger partial charge in [0.05, 0.1) is 26.7 Å². The Labute approximate surface area is 151 Å². The van der Waals surface area contributed by atoms with E-state index in [0.29, 0.717) is 26.0 Å². The van der Waals surface area contributed by atoms with Gasteiger partial charge in [-0.15, -0.1) is 11.3 Å². The summed E-state index contributed by atoms with van der Waals surface area (Å²) < 4.78 is 32.9. The number of benzene rings is 1. The highest BCUT2D eigenvalue weighted by atomic mass is 79.9. The van der Waals surface area contributed by atoms with Crippen molar-refractivity contribution in [1.29, 1.82) is 0 Å². The third-order valence-corrected chi connectivity index (χ3v) is 5.95. The highest BCUT2D eigenvalue weighted by Gasteiger charge is 2.19. The van der Waals surface area contributed by atoms with Crippen molar-refractivity contribution in [3.8, 4) is 5.75 Å². The molecule has 0 aliphatic carbocycles. The number of halogens is 2. The number of ether oxygens (including phenoxy) is 1. The molecule has 124 valence electrons. The van der Waals surface area contributed by atoms with Gasteiger partial charge in [0.25, 0.3) is 10.0 Å². The maximum absolute atomic E-state index is 12.2. The molecule has 2 rings (SSSR count). The molecule has 0 fully saturated rings. The van der Waals surface area contributed by atoms with Crippen LogP contribution in [0.15, 0.2) is 39.7 Å². The second-order valence-electron chi connectivity index (χ2n) is 4.44. The van der Waals surface area contributed by atoms with Crippen LogP contribution in [0, 0.1) is 0 Å². The largest absolute Gasteiger partial charge is 0.493 e. The second kappa shape index (κ2) is 7.65. The van der Waals surface area contributed by atoms with E-state index in [0.717, 1.165) is 0 Å². The van der Waals surface area contributed by atoms with Gasteiger partial charge >= 0.3 is 0 Å². The number of hydrogen-bond donors (Lipinski definition) is 1. The summed E-state index contributed by atoms with van der Waals surface area (Å²) in [5, 5.41) is 0. The van der Waals surface area contributed by atoms with Crippen LogP contribution >= 0.6 is 38.9 Å². The van der Waals surface area contributed by atoms with Gasteiger partial charge in [-0.2, -0.15) is 0 Å². The van der Waals surface area contributed by atoms with Crippen LogP contribution in [0.4, 0.5) is 0 Å². The minimum absolute atomic E-state index is 0.0228. The van der Waals surface area contributed by atoms with Gasteiger partial charge in [0, 0.05) is 4.88 Å². The van der Waals surface area contributed by atoms with Crippen molar-refractivity contribution in [3.63, 3.8) is 0 Å². The zero-order chi connectivity index (χ0) is 17.0. The van der Waals surface area contributed by atoms with Crippen LogP contribution in [0.1, 0.15) is 11.8 Å². The third-order valence-electron chi connectivity index (χ3n) is 2.73. The quantitative estimate of drug-likeness (QED) is 0.748. The lowest BCUT2D eigenvalue weighted by Crippen LogP contribution is -2.31. The van der Waals surface area contributed by atoms with E-state index < -0.39 is 15.9 Å². The number of hydrogen-bond acceptors (Lipinski definition) is 5. The third kappa shape index (κ3) is 4.94. The Bertz CT molecular complexity index is 820. The Balaban J connectivity index is 2.12. The van der Waals surface area contributed by atoms with Crippen molar-refractivity contribution < 1.29 is 17.9 Å². The van der Waals surface area contributed by atoms with E-state index >= 15 is 0 Å². The molecule has 0 atom stereocenters. The summed E-state index contributed by atoms with van der Waals surface area (Å²) in [6.45, 7) is 2.29. The average molecular weight is 439 g/mol. The minimum atomic E-state index is -3.94. The molecular formula is C14H13BrClNO4S2. The van der Waals surface area contributed by atoms with E-state index in [-0.39, 0.29) is 11.3 Å². The van der Waals surface area contributed by atoms with Crippen LogP contribution in [0.25, 0.3) is 0 Å². The lowest BCUT2D eigenvalue weighted by Gasteiger charge is -2.09. The lowest BCUT2D eigenvalue weighted by atomic mass is 10.3. The molecule has 0 bridgehead atoms. The van der Waals surface area contributed by atoms with Crippen LogP contribution in [0.3, 0.4) is 0 Å². The minimum Gasteiger partial charge on any atom is -0.493 e. The molecule has 1 amide bonds. The second-order valence-corrected chi connectivity index (χ2v) is 8.77. The number of nitrogens with one attached hydrogen (secondary N) is 1. The molecule has 1 aromatic carbocycles. The molecule has 1 heterocycles. The van der Waals surface area contributed by atoms with Gasteiger partial charge in [0.1, 0.15) is 5.75 Å². The zero-order valence-electron chi connectivity index (χ0n) is 12.0. The summed E-state index contributed by atoms with van der Waals surface area (Å²) >= 11 is 10.3. The molecule has 1 N–H and O–H groups in total. The smallest absolute Gasteiger partial charge is 0.264 e. The maximum atomic E-state index is 12.2.